The van der Waals surface area contributed by atoms with Crippen molar-refractivity contribution in [1.82, 2.24) is 4.90 Å². The van der Waals surface area contributed by atoms with E-state index in [0.717, 1.165) is 17.4 Å². The normalized spacial score (nSPS) is 14.6. The number of unbranched alkanes of at least 4 members (excludes halogenated alkanes) is 1. The summed E-state index contributed by atoms with van der Waals surface area (Å²) < 4.78 is 55.1. The first-order valence-corrected chi connectivity index (χ1v) is 12.5. The second kappa shape index (κ2) is 12.7. The van der Waals surface area contributed by atoms with Crippen LogP contribution in [0.5, 0.6) is 17.2 Å². The number of nitro groups is 1. The van der Waals surface area contributed by atoms with Crippen LogP contribution in [-0.2, 0) is 20.5 Å². The number of imide groups is 1. The van der Waals surface area contributed by atoms with Gasteiger partial charge in [-0.1, -0.05) is 19.4 Å². The Morgan fingerprint density at radius 2 is 1.82 bits per heavy atom. The van der Waals surface area contributed by atoms with Gasteiger partial charge in [-0.05, 0) is 61.0 Å². The average molecular weight is 569 g/mol. The van der Waals surface area contributed by atoms with Gasteiger partial charge in [-0.25, -0.2) is 0 Å². The number of carbonyl (C=O) groups is 3. The minimum absolute atomic E-state index is 0.0280. The van der Waals surface area contributed by atoms with E-state index >= 15 is 0 Å². The van der Waals surface area contributed by atoms with Crippen LogP contribution in [0.1, 0.15) is 37.8 Å². The zero-order valence-electron chi connectivity index (χ0n) is 20.8. The minimum Gasteiger partial charge on any atom is -0.490 e. The van der Waals surface area contributed by atoms with Crippen molar-refractivity contribution < 1.29 is 46.7 Å². The predicted molar refractivity (Wildman–Crippen MR) is 134 cm³/mol. The molecule has 0 atom stereocenters. The van der Waals surface area contributed by atoms with Crippen LogP contribution in [0.3, 0.4) is 0 Å². The molecular weight excluding hydrogens is 545 g/mol. The summed E-state index contributed by atoms with van der Waals surface area (Å²) >= 11 is 0.633. The maximum Gasteiger partial charge on any atom is 0.416 e. The average Bonchev–Trinajstić information content (AvgIpc) is 3.12. The van der Waals surface area contributed by atoms with Gasteiger partial charge in [0.15, 0.2) is 11.5 Å². The number of nitrogens with zero attached hydrogens (tertiary/aromatic N) is 2. The first-order chi connectivity index (χ1) is 18.4. The number of ether oxygens (including phenoxy) is 3. The van der Waals surface area contributed by atoms with Crippen molar-refractivity contribution in [2.24, 2.45) is 0 Å². The highest BCUT2D eigenvalue weighted by Crippen LogP contribution is 2.41. The largest absolute Gasteiger partial charge is 0.490 e. The van der Waals surface area contributed by atoms with Crippen LogP contribution in [0.4, 0.5) is 23.7 Å². The molecule has 0 N–H and O–H groups in total. The summed E-state index contributed by atoms with van der Waals surface area (Å²) in [6, 6.07) is 6.12. The summed E-state index contributed by atoms with van der Waals surface area (Å²) in [4.78, 5) is 48.2. The predicted octanol–water partition coefficient (Wildman–Crippen LogP) is 6.18. The van der Waals surface area contributed by atoms with Gasteiger partial charge in [0, 0.05) is 6.07 Å². The van der Waals surface area contributed by atoms with Crippen molar-refractivity contribution >= 4 is 40.6 Å². The number of thioether (sulfide) groups is 1. The summed E-state index contributed by atoms with van der Waals surface area (Å²) in [5.74, 6) is -1.77. The fourth-order valence-electron chi connectivity index (χ4n) is 3.30. The first-order valence-electron chi connectivity index (χ1n) is 11.7. The highest BCUT2D eigenvalue weighted by molar-refractivity contribution is 8.18. The number of carbonyl (C=O) groups excluding carboxylic acids is 3. The molecule has 0 spiro atoms. The third-order valence-corrected chi connectivity index (χ3v) is 6.10. The van der Waals surface area contributed by atoms with Crippen LogP contribution >= 0.6 is 11.8 Å². The lowest BCUT2D eigenvalue weighted by Crippen LogP contribution is -2.34. The number of alkyl halides is 3. The topological polar surface area (TPSA) is 125 Å². The number of esters is 1. The molecule has 1 aliphatic rings. The number of benzene rings is 2. The lowest BCUT2D eigenvalue weighted by atomic mass is 10.1. The van der Waals surface area contributed by atoms with Crippen LogP contribution in [0, 0.1) is 10.1 Å². The first kappa shape index (κ1) is 29.5. The molecular formula is C25H23F3N2O8S. The van der Waals surface area contributed by atoms with Crippen molar-refractivity contribution in [3.05, 3.63) is 62.5 Å². The Bertz CT molecular complexity index is 1310. The molecule has 10 nitrogen and oxygen atoms in total. The smallest absolute Gasteiger partial charge is 0.416 e. The van der Waals surface area contributed by atoms with Gasteiger partial charge in [-0.15, -0.1) is 0 Å². The molecule has 1 fully saturated rings. The van der Waals surface area contributed by atoms with Gasteiger partial charge in [0.1, 0.15) is 6.54 Å². The lowest BCUT2D eigenvalue weighted by Gasteiger charge is -2.14. The van der Waals surface area contributed by atoms with Gasteiger partial charge >= 0.3 is 17.8 Å². The number of halogens is 3. The van der Waals surface area contributed by atoms with E-state index in [0.29, 0.717) is 35.9 Å². The second-order valence-corrected chi connectivity index (χ2v) is 9.01. The summed E-state index contributed by atoms with van der Waals surface area (Å²) in [6.45, 7) is 3.39. The lowest BCUT2D eigenvalue weighted by molar-refractivity contribution is -0.385. The van der Waals surface area contributed by atoms with Crippen LogP contribution in [0.25, 0.3) is 6.08 Å². The molecule has 0 aliphatic carbocycles. The Kier molecular flexibility index (Phi) is 9.56. The summed E-state index contributed by atoms with van der Waals surface area (Å²) in [5.41, 5.74) is -1.70. The van der Waals surface area contributed by atoms with Gasteiger partial charge in [0.25, 0.3) is 11.1 Å². The fourth-order valence-corrected chi connectivity index (χ4v) is 4.14. The van der Waals surface area contributed by atoms with Crippen molar-refractivity contribution in [3.8, 4) is 17.2 Å². The van der Waals surface area contributed by atoms with Crippen molar-refractivity contribution in [1.29, 1.82) is 0 Å². The quantitative estimate of drug-likeness (QED) is 0.103. The van der Waals surface area contributed by atoms with E-state index in [1.165, 1.54) is 24.3 Å². The molecule has 0 bridgehead atoms. The van der Waals surface area contributed by atoms with Gasteiger partial charge in [-0.3, -0.25) is 29.4 Å². The van der Waals surface area contributed by atoms with E-state index in [1.54, 1.807) is 6.92 Å². The molecule has 0 saturated carbocycles. The van der Waals surface area contributed by atoms with E-state index in [2.05, 4.69) is 0 Å². The Morgan fingerprint density at radius 1 is 1.10 bits per heavy atom. The molecule has 14 heteroatoms. The zero-order chi connectivity index (χ0) is 28.7. The third-order valence-electron chi connectivity index (χ3n) is 5.19. The van der Waals surface area contributed by atoms with Crippen LogP contribution in [-0.4, -0.2) is 46.7 Å². The number of nitro benzene ring substituents is 1. The van der Waals surface area contributed by atoms with E-state index in [-0.39, 0.29) is 29.6 Å². The highest BCUT2D eigenvalue weighted by Gasteiger charge is 2.37. The molecule has 3 rings (SSSR count). The summed E-state index contributed by atoms with van der Waals surface area (Å²) in [5, 5.41) is 10.7. The Balaban J connectivity index is 1.84. The number of hydrogen-bond acceptors (Lipinski definition) is 9. The molecule has 0 aromatic heterocycles. The summed E-state index contributed by atoms with van der Waals surface area (Å²) in [6.07, 6.45) is -1.93. The standard InChI is InChI=1S/C25H23F3N2O8S/c1-3-5-10-37-22(31)14-29-23(32)21(39-24(29)33)12-15-6-8-19(20(11-15)36-4-2)38-18-9-7-16(25(26,27)28)13-17(18)30(34)35/h6-9,11-13H,3-5,10,14H2,1-2H3/b21-12+. The minimum atomic E-state index is -4.78. The van der Waals surface area contributed by atoms with Crippen LogP contribution < -0.4 is 9.47 Å². The summed E-state index contributed by atoms with van der Waals surface area (Å²) in [7, 11) is 0. The van der Waals surface area contributed by atoms with E-state index in [9.17, 15) is 37.7 Å². The zero-order valence-corrected chi connectivity index (χ0v) is 21.6. The third kappa shape index (κ3) is 7.50. The molecule has 2 amide bonds. The van der Waals surface area contributed by atoms with E-state index < -0.39 is 51.8 Å². The number of hydrogen-bond donors (Lipinski definition) is 0. The molecule has 1 aliphatic heterocycles. The number of rotatable bonds is 11. The Hall–Kier alpha value is -4.07. The fraction of sp³-hybridized carbons (Fsp3) is 0.320. The molecule has 0 unspecified atom stereocenters. The highest BCUT2D eigenvalue weighted by atomic mass is 32.2. The Labute approximate surface area is 224 Å². The maximum absolute atomic E-state index is 13.0. The second-order valence-electron chi connectivity index (χ2n) is 8.02. The van der Waals surface area contributed by atoms with Crippen molar-refractivity contribution in [3.63, 3.8) is 0 Å². The molecule has 2 aromatic carbocycles. The van der Waals surface area contributed by atoms with Crippen molar-refractivity contribution in [2.45, 2.75) is 32.9 Å². The van der Waals surface area contributed by atoms with Gasteiger partial charge in [0.2, 0.25) is 5.75 Å². The van der Waals surface area contributed by atoms with Crippen LogP contribution in [0.15, 0.2) is 41.3 Å². The molecule has 39 heavy (non-hydrogen) atoms. The molecule has 208 valence electrons. The molecule has 1 heterocycles. The van der Waals surface area contributed by atoms with Crippen LogP contribution in [0.2, 0.25) is 0 Å². The maximum atomic E-state index is 13.0. The number of amides is 2. The molecule has 1 saturated heterocycles. The SMILES string of the molecule is CCCCOC(=O)CN1C(=O)S/C(=C/c2ccc(Oc3ccc(C(F)(F)F)cc3[N+](=O)[O-])c(OCC)c2)C1=O. The van der Waals surface area contributed by atoms with Gasteiger partial charge in [-0.2, -0.15) is 13.2 Å². The molecule has 0 radical (unpaired) electrons. The van der Waals surface area contributed by atoms with Gasteiger partial charge < -0.3 is 14.2 Å². The van der Waals surface area contributed by atoms with Gasteiger partial charge in [0.05, 0.1) is 28.6 Å². The van der Waals surface area contributed by atoms with E-state index in [1.807, 2.05) is 6.92 Å². The molecule has 2 aromatic rings. The monoisotopic (exact) mass is 568 g/mol. The van der Waals surface area contributed by atoms with Crippen molar-refractivity contribution in [2.75, 3.05) is 19.8 Å². The van der Waals surface area contributed by atoms with E-state index in [4.69, 9.17) is 14.2 Å². The Morgan fingerprint density at radius 3 is 2.46 bits per heavy atom.